The van der Waals surface area contributed by atoms with Crippen LogP contribution in [0.25, 0.3) is 11.0 Å². The smallest absolute Gasteiger partial charge is 0.336 e. The second-order valence-corrected chi connectivity index (χ2v) is 6.05. The molecule has 0 saturated carbocycles. The lowest BCUT2D eigenvalue weighted by Gasteiger charge is -2.30. The fraction of sp³-hybridized carbons (Fsp3) is 0.222. The maximum Gasteiger partial charge on any atom is 0.336 e. The number of benzene rings is 1. The van der Waals surface area contributed by atoms with Crippen molar-refractivity contribution in [2.45, 2.75) is 19.9 Å². The maximum absolute atomic E-state index is 11.9. The van der Waals surface area contributed by atoms with E-state index in [9.17, 15) is 4.79 Å². The van der Waals surface area contributed by atoms with Crippen molar-refractivity contribution >= 4 is 28.4 Å². The van der Waals surface area contributed by atoms with Crippen molar-refractivity contribution in [1.82, 2.24) is 4.98 Å². The fourth-order valence-electron chi connectivity index (χ4n) is 3.03. The summed E-state index contributed by atoms with van der Waals surface area (Å²) < 4.78 is 11.3. The molecule has 1 aliphatic rings. The Morgan fingerprint density at radius 1 is 1.33 bits per heavy atom. The zero-order valence-corrected chi connectivity index (χ0v) is 13.8. The van der Waals surface area contributed by atoms with Crippen LogP contribution in [0.5, 0.6) is 5.75 Å². The van der Waals surface area contributed by atoms with Crippen molar-refractivity contribution in [3.8, 4) is 5.75 Å². The van der Waals surface area contributed by atoms with Crippen LogP contribution in [-0.2, 0) is 13.0 Å². The number of pyridine rings is 1. The molecule has 4 rings (SSSR count). The van der Waals surface area contributed by atoms with E-state index in [2.05, 4.69) is 4.98 Å². The van der Waals surface area contributed by atoms with Crippen LogP contribution in [0.2, 0.25) is 5.02 Å². The first-order chi connectivity index (χ1) is 11.7. The first kappa shape index (κ1) is 15.0. The number of hydrogen-bond donors (Lipinski definition) is 0. The highest BCUT2D eigenvalue weighted by Gasteiger charge is 2.25. The number of aryl methyl sites for hydroxylation is 1. The van der Waals surface area contributed by atoms with Crippen molar-refractivity contribution in [2.75, 3.05) is 11.6 Å². The van der Waals surface area contributed by atoms with Gasteiger partial charge in [-0.1, -0.05) is 24.6 Å². The summed E-state index contributed by atoms with van der Waals surface area (Å²) in [4.78, 5) is 18.2. The lowest BCUT2D eigenvalue weighted by Crippen LogP contribution is -2.32. The van der Waals surface area contributed by atoms with E-state index >= 15 is 0 Å². The first-order valence-electron chi connectivity index (χ1n) is 7.74. The summed E-state index contributed by atoms with van der Waals surface area (Å²) in [5.41, 5.74) is 1.88. The zero-order valence-electron chi connectivity index (χ0n) is 13.1. The Morgan fingerprint density at radius 2 is 2.21 bits per heavy atom. The summed E-state index contributed by atoms with van der Waals surface area (Å²) in [6.45, 7) is 2.85. The van der Waals surface area contributed by atoms with Crippen LogP contribution < -0.4 is 15.3 Å². The molecule has 0 aliphatic carbocycles. The van der Waals surface area contributed by atoms with Crippen LogP contribution in [0.3, 0.4) is 0 Å². The summed E-state index contributed by atoms with van der Waals surface area (Å²) in [6.07, 6.45) is 2.46. The molecular formula is C18H15ClN2O3. The lowest BCUT2D eigenvalue weighted by atomic mass is 10.0. The van der Waals surface area contributed by atoms with Crippen molar-refractivity contribution in [1.29, 1.82) is 0 Å². The third kappa shape index (κ3) is 2.41. The molecule has 3 aromatic rings. The largest absolute Gasteiger partial charge is 0.471 e. The highest BCUT2D eigenvalue weighted by molar-refractivity contribution is 6.33. The fourth-order valence-corrected chi connectivity index (χ4v) is 3.31. The molecule has 0 saturated heterocycles. The number of halogens is 1. The van der Waals surface area contributed by atoms with Gasteiger partial charge in [0.25, 0.3) is 0 Å². The monoisotopic (exact) mass is 342 g/mol. The van der Waals surface area contributed by atoms with E-state index in [4.69, 9.17) is 20.8 Å². The van der Waals surface area contributed by atoms with E-state index in [0.29, 0.717) is 29.6 Å². The minimum absolute atomic E-state index is 0.340. The molecule has 1 aromatic carbocycles. The third-order valence-electron chi connectivity index (χ3n) is 4.19. The van der Waals surface area contributed by atoms with E-state index in [-0.39, 0.29) is 5.63 Å². The molecule has 3 heterocycles. The molecule has 0 bridgehead atoms. The number of ether oxygens (including phenoxy) is 1. The molecule has 5 nitrogen and oxygen atoms in total. The topological polar surface area (TPSA) is 55.6 Å². The summed E-state index contributed by atoms with van der Waals surface area (Å²) in [7, 11) is 0. The van der Waals surface area contributed by atoms with Gasteiger partial charge in [-0.2, -0.15) is 0 Å². The first-order valence-corrected chi connectivity index (χ1v) is 8.12. The number of aromatic nitrogens is 1. The van der Waals surface area contributed by atoms with E-state index < -0.39 is 0 Å². The summed E-state index contributed by atoms with van der Waals surface area (Å²) in [5, 5.41) is 1.38. The molecule has 0 N–H and O–H groups in total. The minimum Gasteiger partial charge on any atom is -0.471 e. The SMILES string of the molecule is CCc1cc(=O)oc2c3c(c(Cl)cc12)OCN(c1ccccn1)C3. The average Bonchev–Trinajstić information content (AvgIpc) is 2.62. The molecule has 0 atom stereocenters. The Bertz CT molecular complexity index is 969. The van der Waals surface area contributed by atoms with Crippen LogP contribution >= 0.6 is 11.6 Å². The third-order valence-corrected chi connectivity index (χ3v) is 4.47. The highest BCUT2D eigenvalue weighted by atomic mass is 35.5. The van der Waals surface area contributed by atoms with Gasteiger partial charge in [0.05, 0.1) is 17.1 Å². The van der Waals surface area contributed by atoms with Gasteiger partial charge in [-0.3, -0.25) is 0 Å². The van der Waals surface area contributed by atoms with Crippen molar-refractivity contribution in [3.05, 3.63) is 63.1 Å². The molecule has 6 heteroatoms. The van der Waals surface area contributed by atoms with Gasteiger partial charge in [0, 0.05) is 17.6 Å². The lowest BCUT2D eigenvalue weighted by molar-refractivity contribution is 0.288. The van der Waals surface area contributed by atoms with E-state index in [1.165, 1.54) is 6.07 Å². The van der Waals surface area contributed by atoms with Crippen LogP contribution in [-0.4, -0.2) is 11.7 Å². The van der Waals surface area contributed by atoms with Gasteiger partial charge in [-0.25, -0.2) is 9.78 Å². The van der Waals surface area contributed by atoms with Crippen LogP contribution in [0, 0.1) is 0 Å². The van der Waals surface area contributed by atoms with Crippen molar-refractivity contribution in [2.24, 2.45) is 0 Å². The molecule has 0 radical (unpaired) electrons. The van der Waals surface area contributed by atoms with Crippen LogP contribution in [0.15, 0.2) is 45.7 Å². The predicted octanol–water partition coefficient (Wildman–Crippen LogP) is 3.76. The zero-order chi connectivity index (χ0) is 16.7. The average molecular weight is 343 g/mol. The molecule has 0 spiro atoms. The van der Waals surface area contributed by atoms with Gasteiger partial charge in [0.15, 0.2) is 6.73 Å². The molecule has 24 heavy (non-hydrogen) atoms. The van der Waals surface area contributed by atoms with E-state index in [1.54, 1.807) is 6.20 Å². The minimum atomic E-state index is -0.362. The molecular weight excluding hydrogens is 328 g/mol. The van der Waals surface area contributed by atoms with Gasteiger partial charge >= 0.3 is 5.63 Å². The van der Waals surface area contributed by atoms with Crippen molar-refractivity contribution < 1.29 is 9.15 Å². The Hall–Kier alpha value is -2.53. The summed E-state index contributed by atoms with van der Waals surface area (Å²) in [5.74, 6) is 1.37. The Kier molecular flexibility index (Phi) is 3.65. The highest BCUT2D eigenvalue weighted by Crippen LogP contribution is 2.40. The Balaban J connectivity index is 1.91. The number of nitrogens with zero attached hydrogens (tertiary/aromatic N) is 2. The number of fused-ring (bicyclic) bond motifs is 3. The normalized spacial score (nSPS) is 13.7. The second-order valence-electron chi connectivity index (χ2n) is 5.65. The van der Waals surface area contributed by atoms with Gasteiger partial charge < -0.3 is 14.1 Å². The van der Waals surface area contributed by atoms with Gasteiger partial charge in [0.1, 0.15) is 17.2 Å². The Morgan fingerprint density at radius 3 is 2.96 bits per heavy atom. The van der Waals surface area contributed by atoms with Crippen LogP contribution in [0.1, 0.15) is 18.1 Å². The molecule has 0 fully saturated rings. The quantitative estimate of drug-likeness (QED) is 0.664. The number of rotatable bonds is 2. The van der Waals surface area contributed by atoms with Crippen molar-refractivity contribution in [3.63, 3.8) is 0 Å². The van der Waals surface area contributed by atoms with E-state index in [0.717, 1.165) is 28.8 Å². The second kappa shape index (κ2) is 5.83. The van der Waals surface area contributed by atoms with Gasteiger partial charge in [-0.05, 0) is 30.2 Å². The van der Waals surface area contributed by atoms with E-state index in [1.807, 2.05) is 36.1 Å². The molecule has 0 amide bonds. The molecule has 1 aliphatic heterocycles. The predicted molar refractivity (Wildman–Crippen MR) is 92.8 cm³/mol. The standard InChI is InChI=1S/C18H15ClN2O3/c1-2-11-7-16(22)24-17-12(11)8-14(19)18-13(17)9-21(10-23-18)15-5-3-4-6-20-15/h3-8H,2,9-10H2,1H3. The van der Waals surface area contributed by atoms with Gasteiger partial charge in [-0.15, -0.1) is 0 Å². The van der Waals surface area contributed by atoms with Crippen LogP contribution in [0.4, 0.5) is 5.82 Å². The summed E-state index contributed by atoms with van der Waals surface area (Å²) in [6, 6.07) is 9.03. The summed E-state index contributed by atoms with van der Waals surface area (Å²) >= 11 is 6.40. The number of anilines is 1. The van der Waals surface area contributed by atoms with Gasteiger partial charge in [0.2, 0.25) is 0 Å². The molecule has 2 aromatic heterocycles. The maximum atomic E-state index is 11.9. The molecule has 122 valence electrons. The number of hydrogen-bond acceptors (Lipinski definition) is 5. The molecule has 0 unspecified atom stereocenters. The Labute approximate surface area is 143 Å².